The Labute approximate surface area is 155 Å². The molecule has 126 valence electrons. The molecule has 1 amide bonds. The smallest absolute Gasteiger partial charge is 0.254 e. The van der Waals surface area contributed by atoms with Crippen LogP contribution in [0.2, 0.25) is 0 Å². The van der Waals surface area contributed by atoms with E-state index in [1.54, 1.807) is 0 Å². The highest BCUT2D eigenvalue weighted by molar-refractivity contribution is 14.1. The lowest BCUT2D eigenvalue weighted by Gasteiger charge is -2.31. The van der Waals surface area contributed by atoms with E-state index in [1.807, 2.05) is 30.0 Å². The van der Waals surface area contributed by atoms with E-state index in [0.717, 1.165) is 52.3 Å². The molecular weight excluding hydrogens is 415 g/mol. The zero-order valence-corrected chi connectivity index (χ0v) is 15.9. The van der Waals surface area contributed by atoms with Crippen LogP contribution in [0.3, 0.4) is 0 Å². The second-order valence-electron chi connectivity index (χ2n) is 6.86. The van der Waals surface area contributed by atoms with Crippen LogP contribution in [0.25, 0.3) is 0 Å². The summed E-state index contributed by atoms with van der Waals surface area (Å²) in [6.45, 7) is 3.62. The summed E-state index contributed by atoms with van der Waals surface area (Å²) in [4.78, 5) is 19.5. The molecule has 0 spiro atoms. The fourth-order valence-corrected chi connectivity index (χ4v) is 3.92. The van der Waals surface area contributed by atoms with Gasteiger partial charge in [-0.15, -0.1) is 0 Å². The zero-order valence-electron chi connectivity index (χ0n) is 13.8. The first-order valence-electron chi connectivity index (χ1n) is 8.60. The molecule has 1 N–H and O–H groups in total. The molecule has 2 aliphatic rings. The molecule has 24 heavy (non-hydrogen) atoms. The summed E-state index contributed by atoms with van der Waals surface area (Å²) < 4.78 is 1.06. The van der Waals surface area contributed by atoms with Crippen molar-refractivity contribution in [1.82, 2.24) is 20.1 Å². The third-order valence-electron chi connectivity index (χ3n) is 5.05. The van der Waals surface area contributed by atoms with Crippen LogP contribution >= 0.6 is 22.6 Å². The molecule has 0 unspecified atom stereocenters. The summed E-state index contributed by atoms with van der Waals surface area (Å²) in [7, 11) is 0. The topological polar surface area (TPSA) is 61.9 Å². The molecule has 1 aliphatic heterocycles. The van der Waals surface area contributed by atoms with Gasteiger partial charge in [-0.2, -0.15) is 5.10 Å². The minimum Gasteiger partial charge on any atom is -0.339 e. The maximum absolute atomic E-state index is 12.8. The molecule has 2 fully saturated rings. The maximum atomic E-state index is 12.8. The minimum atomic E-state index is 0.151. The van der Waals surface area contributed by atoms with Gasteiger partial charge in [0, 0.05) is 28.5 Å². The molecule has 1 aromatic heterocycles. The summed E-state index contributed by atoms with van der Waals surface area (Å²) >= 11 is 2.27. The van der Waals surface area contributed by atoms with Crippen molar-refractivity contribution in [3.8, 4) is 0 Å². The summed E-state index contributed by atoms with van der Waals surface area (Å²) in [5.74, 6) is 3.12. The molecule has 0 bridgehead atoms. The number of piperidine rings is 1. The number of H-pyrrole nitrogens is 1. The molecule has 1 aromatic carbocycles. The second kappa shape index (κ2) is 6.46. The lowest BCUT2D eigenvalue weighted by atomic mass is 9.95. The Morgan fingerprint density at radius 3 is 2.67 bits per heavy atom. The number of amides is 1. The van der Waals surface area contributed by atoms with Gasteiger partial charge in [-0.25, -0.2) is 4.98 Å². The van der Waals surface area contributed by atoms with Gasteiger partial charge in [0.25, 0.3) is 5.91 Å². The van der Waals surface area contributed by atoms with E-state index in [4.69, 9.17) is 0 Å². The number of aryl methyl sites for hydroxylation is 1. The molecule has 5 nitrogen and oxygen atoms in total. The largest absolute Gasteiger partial charge is 0.339 e. The van der Waals surface area contributed by atoms with Crippen LogP contribution in [0.15, 0.2) is 18.2 Å². The van der Waals surface area contributed by atoms with Crippen molar-refractivity contribution in [2.24, 2.45) is 0 Å². The van der Waals surface area contributed by atoms with E-state index in [2.05, 4.69) is 37.8 Å². The van der Waals surface area contributed by atoms with Gasteiger partial charge in [-0.1, -0.05) is 12.1 Å². The molecule has 0 radical (unpaired) electrons. The Morgan fingerprint density at radius 1 is 1.21 bits per heavy atom. The van der Waals surface area contributed by atoms with Gasteiger partial charge < -0.3 is 4.90 Å². The number of carbonyl (C=O) groups excluding carboxylic acids is 1. The normalized spacial score (nSPS) is 18.8. The Hall–Kier alpha value is -1.44. The van der Waals surface area contributed by atoms with Crippen molar-refractivity contribution in [3.05, 3.63) is 44.5 Å². The van der Waals surface area contributed by atoms with Gasteiger partial charge >= 0.3 is 0 Å². The maximum Gasteiger partial charge on any atom is 0.254 e. The predicted octanol–water partition coefficient (Wildman–Crippen LogP) is 3.61. The Morgan fingerprint density at radius 2 is 1.96 bits per heavy atom. The van der Waals surface area contributed by atoms with Gasteiger partial charge in [0.15, 0.2) is 5.82 Å². The summed E-state index contributed by atoms with van der Waals surface area (Å²) in [5, 5.41) is 7.48. The molecule has 2 aromatic rings. The lowest BCUT2D eigenvalue weighted by molar-refractivity contribution is 0.0710. The van der Waals surface area contributed by atoms with Crippen LogP contribution in [-0.2, 0) is 0 Å². The van der Waals surface area contributed by atoms with Crippen molar-refractivity contribution in [2.75, 3.05) is 13.1 Å². The first-order valence-corrected chi connectivity index (χ1v) is 9.68. The Balaban J connectivity index is 1.41. The highest BCUT2D eigenvalue weighted by Crippen LogP contribution is 2.38. The van der Waals surface area contributed by atoms with Crippen LogP contribution in [-0.4, -0.2) is 39.1 Å². The standard InChI is InChI=1S/C18H21IN4O/c1-11-3-2-4-14(15(11)19)18(24)23-9-7-13(8-10-23)17-20-16(21-22-17)12-5-6-12/h2-4,12-13H,5-10H2,1H3,(H,20,21,22). The van der Waals surface area contributed by atoms with Crippen LogP contribution in [0.1, 0.15) is 65.1 Å². The Bertz CT molecular complexity index is 760. The van der Waals surface area contributed by atoms with Crippen LogP contribution in [0.4, 0.5) is 0 Å². The number of benzene rings is 1. The van der Waals surface area contributed by atoms with Crippen molar-refractivity contribution < 1.29 is 4.79 Å². The lowest BCUT2D eigenvalue weighted by Crippen LogP contribution is -2.38. The second-order valence-corrected chi connectivity index (χ2v) is 7.93. The van der Waals surface area contributed by atoms with Crippen molar-refractivity contribution in [2.45, 2.75) is 44.4 Å². The molecule has 1 aliphatic carbocycles. The van der Waals surface area contributed by atoms with Crippen molar-refractivity contribution >= 4 is 28.5 Å². The van der Waals surface area contributed by atoms with E-state index < -0.39 is 0 Å². The zero-order chi connectivity index (χ0) is 16.7. The molecule has 4 rings (SSSR count). The number of aromatic nitrogens is 3. The SMILES string of the molecule is Cc1cccc(C(=O)N2CCC(c3nc(C4CC4)n[nH]3)CC2)c1I. The number of carbonyl (C=O) groups is 1. The molecule has 6 heteroatoms. The Kier molecular flexibility index (Phi) is 4.32. The number of rotatable bonds is 3. The fraction of sp³-hybridized carbons (Fsp3) is 0.500. The van der Waals surface area contributed by atoms with Gasteiger partial charge in [0.1, 0.15) is 5.82 Å². The first kappa shape index (κ1) is 16.1. The van der Waals surface area contributed by atoms with E-state index >= 15 is 0 Å². The number of nitrogens with zero attached hydrogens (tertiary/aromatic N) is 3. The monoisotopic (exact) mass is 436 g/mol. The van der Waals surface area contributed by atoms with Crippen LogP contribution in [0.5, 0.6) is 0 Å². The third kappa shape index (κ3) is 3.08. The van der Waals surface area contributed by atoms with Gasteiger partial charge in [-0.05, 0) is 66.8 Å². The minimum absolute atomic E-state index is 0.151. The fourth-order valence-electron chi connectivity index (χ4n) is 3.33. The molecule has 1 saturated carbocycles. The van der Waals surface area contributed by atoms with E-state index in [1.165, 1.54) is 12.8 Å². The number of likely N-dealkylation sites (tertiary alicyclic amines) is 1. The van der Waals surface area contributed by atoms with Crippen molar-refractivity contribution in [3.63, 3.8) is 0 Å². The molecule has 2 heterocycles. The highest BCUT2D eigenvalue weighted by Gasteiger charge is 2.31. The average Bonchev–Trinajstić information content (AvgIpc) is 3.34. The van der Waals surface area contributed by atoms with Crippen LogP contribution < -0.4 is 0 Å². The number of nitrogens with one attached hydrogen (secondary N) is 1. The average molecular weight is 436 g/mol. The molecule has 0 atom stereocenters. The third-order valence-corrected chi connectivity index (χ3v) is 6.49. The van der Waals surface area contributed by atoms with E-state index in [-0.39, 0.29) is 5.91 Å². The summed E-state index contributed by atoms with van der Waals surface area (Å²) in [6, 6.07) is 5.94. The molecule has 1 saturated heterocycles. The highest BCUT2D eigenvalue weighted by atomic mass is 127. The van der Waals surface area contributed by atoms with Gasteiger partial charge in [-0.3, -0.25) is 9.89 Å². The number of halogens is 1. The predicted molar refractivity (Wildman–Crippen MR) is 100 cm³/mol. The van der Waals surface area contributed by atoms with E-state index in [9.17, 15) is 4.79 Å². The number of hydrogen-bond donors (Lipinski definition) is 1. The van der Waals surface area contributed by atoms with Crippen LogP contribution in [0, 0.1) is 10.5 Å². The molecular formula is C18H21IN4O. The van der Waals surface area contributed by atoms with Crippen molar-refractivity contribution in [1.29, 1.82) is 0 Å². The summed E-state index contributed by atoms with van der Waals surface area (Å²) in [6.07, 6.45) is 4.35. The van der Waals surface area contributed by atoms with E-state index in [0.29, 0.717) is 11.8 Å². The quantitative estimate of drug-likeness (QED) is 0.748. The van der Waals surface area contributed by atoms with Gasteiger partial charge in [0.2, 0.25) is 0 Å². The first-order chi connectivity index (χ1) is 11.6. The van der Waals surface area contributed by atoms with Gasteiger partial charge in [0.05, 0.1) is 5.56 Å². The number of aromatic amines is 1. The number of hydrogen-bond acceptors (Lipinski definition) is 3. The summed E-state index contributed by atoms with van der Waals surface area (Å²) in [5.41, 5.74) is 1.98.